The van der Waals surface area contributed by atoms with Gasteiger partial charge in [0.1, 0.15) is 24.5 Å². The first kappa shape index (κ1) is 28.8. The molecule has 0 radical (unpaired) electrons. The van der Waals surface area contributed by atoms with E-state index in [4.69, 9.17) is 9.47 Å². The number of carbonyl (C=O) groups is 3. The van der Waals surface area contributed by atoms with E-state index in [1.807, 2.05) is 6.07 Å². The number of quaternary nitrogens is 1. The lowest BCUT2D eigenvalue weighted by Gasteiger charge is -2.51. The highest BCUT2D eigenvalue weighted by Crippen LogP contribution is 2.36. The molecule has 37 heavy (non-hydrogen) atoms. The second-order valence-corrected chi connectivity index (χ2v) is 10.8. The van der Waals surface area contributed by atoms with Gasteiger partial charge in [-0.3, -0.25) is 4.79 Å². The Balaban J connectivity index is 0.00000380. The Labute approximate surface area is 227 Å². The number of fused-ring (bicyclic) bond motifs is 3. The number of hydrogen-bond donors (Lipinski definition) is 1. The zero-order chi connectivity index (χ0) is 25.9. The fraction of sp³-hybridized carbons (Fsp3) is 0.464. The molecular weight excluding hydrogens is 543 g/mol. The summed E-state index contributed by atoms with van der Waals surface area (Å²) < 4.78 is 26.0. The number of Topliss-reactive ketones (excluding diaryl/α,β-unsaturated/α-hetero) is 1. The number of piperidine rings is 3. The van der Waals surface area contributed by atoms with Gasteiger partial charge in [-0.05, 0) is 38.5 Å². The van der Waals surface area contributed by atoms with Crippen molar-refractivity contribution in [2.75, 3.05) is 26.2 Å². The number of esters is 1. The van der Waals surface area contributed by atoms with Crippen molar-refractivity contribution in [1.29, 1.82) is 0 Å². The average Bonchev–Trinajstić information content (AvgIpc) is 2.82. The van der Waals surface area contributed by atoms with Crippen LogP contribution in [0.2, 0.25) is 0 Å². The summed E-state index contributed by atoms with van der Waals surface area (Å²) in [4.78, 5) is 38.8. The Bertz CT molecular complexity index is 1110. The van der Waals surface area contributed by atoms with E-state index in [-0.39, 0.29) is 46.9 Å². The number of nitrogens with one attached hydrogen (secondary N) is 1. The molecule has 0 saturated carbocycles. The second kappa shape index (κ2) is 11.7. The first-order valence-electron chi connectivity index (χ1n) is 12.4. The topological polar surface area (TPSA) is 81.7 Å². The Hall–Kier alpha value is -2.78. The van der Waals surface area contributed by atoms with Crippen molar-refractivity contribution >= 4 is 17.8 Å². The van der Waals surface area contributed by atoms with Gasteiger partial charge < -0.3 is 36.3 Å². The zero-order valence-corrected chi connectivity index (χ0v) is 23.0. The molecule has 3 heterocycles. The van der Waals surface area contributed by atoms with Gasteiger partial charge in [0, 0.05) is 18.8 Å². The summed E-state index contributed by atoms with van der Waals surface area (Å²) in [5, 5.41) is 2.66. The van der Waals surface area contributed by atoms with Crippen molar-refractivity contribution in [3.05, 3.63) is 71.5 Å². The van der Waals surface area contributed by atoms with Gasteiger partial charge in [-0.2, -0.15) is 0 Å². The lowest BCUT2D eigenvalue weighted by molar-refractivity contribution is -0.938. The molecule has 2 aromatic rings. The summed E-state index contributed by atoms with van der Waals surface area (Å²) in [5.41, 5.74) is -0.0305. The molecule has 3 aliphatic heterocycles. The molecule has 9 heteroatoms. The number of ether oxygens (including phenoxy) is 2. The molecule has 2 atom stereocenters. The summed E-state index contributed by atoms with van der Waals surface area (Å²) >= 11 is 0. The van der Waals surface area contributed by atoms with E-state index in [9.17, 15) is 18.8 Å². The van der Waals surface area contributed by atoms with Crippen molar-refractivity contribution in [2.45, 2.75) is 51.4 Å². The van der Waals surface area contributed by atoms with Crippen molar-refractivity contribution < 1.29 is 49.7 Å². The Morgan fingerprint density at radius 1 is 1.03 bits per heavy atom. The number of ketones is 1. The SMILES string of the molecule is CC(C)(C)OC(=O)NC(C(=O)O[C@H]1C[N+]2(CC(=O)c3ccccc3F)CCC1CC2)c1ccccc1.[Br-]. The molecule has 7 nitrogen and oxygen atoms in total. The second-order valence-electron chi connectivity index (χ2n) is 10.8. The number of rotatable bonds is 7. The minimum Gasteiger partial charge on any atom is -1.00 e. The number of nitrogens with zero attached hydrogens (tertiary/aromatic N) is 1. The van der Waals surface area contributed by atoms with Crippen molar-refractivity contribution in [1.82, 2.24) is 5.32 Å². The smallest absolute Gasteiger partial charge is 0.408 e. The van der Waals surface area contributed by atoms with Crippen LogP contribution in [0.15, 0.2) is 54.6 Å². The quantitative estimate of drug-likeness (QED) is 0.306. The molecule has 2 aromatic carbocycles. The maximum atomic E-state index is 14.2. The molecule has 2 bridgehead atoms. The van der Waals surface area contributed by atoms with E-state index >= 15 is 0 Å². The molecule has 3 aliphatic rings. The van der Waals surface area contributed by atoms with Gasteiger partial charge in [0.15, 0.2) is 12.1 Å². The van der Waals surface area contributed by atoms with Crippen LogP contribution in [-0.4, -0.2) is 60.2 Å². The van der Waals surface area contributed by atoms with Gasteiger partial charge in [-0.25, -0.2) is 14.0 Å². The van der Waals surface area contributed by atoms with Crippen molar-refractivity contribution in [2.24, 2.45) is 5.92 Å². The van der Waals surface area contributed by atoms with Gasteiger partial charge in [-0.1, -0.05) is 42.5 Å². The Morgan fingerprint density at radius 2 is 1.65 bits per heavy atom. The van der Waals surface area contributed by atoms with Crippen LogP contribution in [0.4, 0.5) is 9.18 Å². The summed E-state index contributed by atoms with van der Waals surface area (Å²) in [5.74, 6) is -1.14. The van der Waals surface area contributed by atoms with Crippen LogP contribution in [0.5, 0.6) is 0 Å². The van der Waals surface area contributed by atoms with Crippen LogP contribution in [0.1, 0.15) is 55.6 Å². The van der Waals surface area contributed by atoms with Gasteiger partial charge in [0.2, 0.25) is 5.78 Å². The summed E-state index contributed by atoms with van der Waals surface area (Å²) in [6.07, 6.45) is 0.539. The number of hydrogen-bond acceptors (Lipinski definition) is 5. The highest BCUT2D eigenvalue weighted by Gasteiger charge is 2.49. The van der Waals surface area contributed by atoms with Crippen LogP contribution < -0.4 is 22.3 Å². The molecule has 3 fully saturated rings. The minimum atomic E-state index is -1.02. The molecule has 1 amide bonds. The van der Waals surface area contributed by atoms with Gasteiger partial charge in [-0.15, -0.1) is 0 Å². The van der Waals surface area contributed by atoms with E-state index in [0.717, 1.165) is 25.9 Å². The lowest BCUT2D eigenvalue weighted by atomic mass is 9.82. The Kier molecular flexibility index (Phi) is 9.13. The molecule has 0 spiro atoms. The molecule has 200 valence electrons. The fourth-order valence-corrected chi connectivity index (χ4v) is 5.22. The maximum Gasteiger partial charge on any atom is 0.408 e. The monoisotopic (exact) mass is 576 g/mol. The van der Waals surface area contributed by atoms with Gasteiger partial charge in [0.25, 0.3) is 0 Å². The molecule has 5 rings (SSSR count). The number of benzene rings is 2. The van der Waals surface area contributed by atoms with Crippen LogP contribution in [0.3, 0.4) is 0 Å². The first-order valence-corrected chi connectivity index (χ1v) is 12.4. The van der Waals surface area contributed by atoms with E-state index in [1.54, 1.807) is 57.2 Å². The summed E-state index contributed by atoms with van der Waals surface area (Å²) in [6.45, 7) is 7.49. The number of carbonyl (C=O) groups excluding carboxylic acids is 3. The standard InChI is InChI=1S/C28H33FN2O5.BrH/c1-28(2,3)36-27(34)30-25(20-9-5-4-6-10-20)26(33)35-24-18-31(15-13-19(24)14-16-31)17-23(32)21-11-7-8-12-22(21)29;/h4-12,19,24-25H,13-18H2,1-3H3;1H/t19?,24-,25?,31?;/m0./s1. The van der Waals surface area contributed by atoms with E-state index < -0.39 is 29.5 Å². The molecule has 0 aromatic heterocycles. The first-order chi connectivity index (χ1) is 17.1. The van der Waals surface area contributed by atoms with Gasteiger partial charge >= 0.3 is 12.1 Å². The third-order valence-electron chi connectivity index (χ3n) is 6.99. The van der Waals surface area contributed by atoms with Crippen molar-refractivity contribution in [3.8, 4) is 0 Å². The van der Waals surface area contributed by atoms with E-state index in [2.05, 4.69) is 5.32 Å². The highest BCUT2D eigenvalue weighted by molar-refractivity contribution is 5.97. The normalized spacial score (nSPS) is 23.4. The average molecular weight is 577 g/mol. The molecular formula is C28H34BrFN2O5. The van der Waals surface area contributed by atoms with E-state index in [0.29, 0.717) is 16.6 Å². The number of alkyl carbamates (subject to hydrolysis) is 1. The minimum absolute atomic E-state index is 0. The Morgan fingerprint density at radius 3 is 2.27 bits per heavy atom. The third-order valence-corrected chi connectivity index (χ3v) is 6.99. The zero-order valence-electron chi connectivity index (χ0n) is 21.4. The number of amides is 1. The lowest BCUT2D eigenvalue weighted by Crippen LogP contribution is -3.00. The van der Waals surface area contributed by atoms with Crippen LogP contribution in [0.25, 0.3) is 0 Å². The third kappa shape index (κ3) is 7.17. The van der Waals surface area contributed by atoms with Crippen LogP contribution >= 0.6 is 0 Å². The predicted molar refractivity (Wildman–Crippen MR) is 132 cm³/mol. The fourth-order valence-electron chi connectivity index (χ4n) is 5.22. The predicted octanol–water partition coefficient (Wildman–Crippen LogP) is 1.43. The van der Waals surface area contributed by atoms with E-state index in [1.165, 1.54) is 12.1 Å². The van der Waals surface area contributed by atoms with Crippen LogP contribution in [-0.2, 0) is 14.3 Å². The van der Waals surface area contributed by atoms with Crippen molar-refractivity contribution in [3.63, 3.8) is 0 Å². The molecule has 1 unspecified atom stereocenters. The largest absolute Gasteiger partial charge is 1.00 e. The van der Waals surface area contributed by atoms with Crippen LogP contribution in [0, 0.1) is 11.7 Å². The maximum absolute atomic E-state index is 14.2. The summed E-state index contributed by atoms with van der Waals surface area (Å²) in [7, 11) is 0. The number of halogens is 2. The van der Waals surface area contributed by atoms with Gasteiger partial charge in [0.05, 0.1) is 18.7 Å². The highest BCUT2D eigenvalue weighted by atomic mass is 79.9. The molecule has 0 aliphatic carbocycles. The molecule has 3 saturated heterocycles. The molecule has 1 N–H and O–H groups in total. The summed E-state index contributed by atoms with van der Waals surface area (Å²) in [6, 6.07) is 13.9.